The molecule has 2 aromatic rings. The van der Waals surface area contributed by atoms with Gasteiger partial charge in [0, 0.05) is 22.0 Å². The topological polar surface area (TPSA) is 59.1 Å². The number of benzene rings is 1. The number of hydrogen-bond donors (Lipinski definition) is 1. The summed E-state index contributed by atoms with van der Waals surface area (Å²) in [4.78, 5) is 29.4. The van der Waals surface area contributed by atoms with Gasteiger partial charge in [0.2, 0.25) is 0 Å². The lowest BCUT2D eigenvalue weighted by atomic mass is 9.53. The lowest BCUT2D eigenvalue weighted by Gasteiger charge is -2.56. The van der Waals surface area contributed by atoms with Gasteiger partial charge in [-0.15, -0.1) is 11.3 Å². The fraction of sp³-hybridized carbons (Fsp3) is 0.500. The summed E-state index contributed by atoms with van der Waals surface area (Å²) >= 11 is 1.43. The average molecular weight is 381 g/mol. The van der Waals surface area contributed by atoms with Crippen LogP contribution in [0.4, 0.5) is 0 Å². The van der Waals surface area contributed by atoms with E-state index in [1.807, 2.05) is 29.6 Å². The summed E-state index contributed by atoms with van der Waals surface area (Å²) in [6.45, 7) is 1.56. The minimum Gasteiger partial charge on any atom is -0.345 e. The average Bonchev–Trinajstić information content (AvgIpc) is 3.10. The lowest BCUT2D eigenvalue weighted by Crippen LogP contribution is -2.59. The number of nitrogens with one attached hydrogen (secondary N) is 1. The van der Waals surface area contributed by atoms with Crippen molar-refractivity contribution in [3.8, 4) is 10.6 Å². The second-order valence-corrected chi connectivity index (χ2v) is 9.65. The molecule has 0 saturated heterocycles. The largest absolute Gasteiger partial charge is 0.345 e. The van der Waals surface area contributed by atoms with E-state index in [2.05, 4.69) is 10.3 Å². The minimum absolute atomic E-state index is 0.00704. The van der Waals surface area contributed by atoms with Crippen LogP contribution >= 0.6 is 11.3 Å². The Bertz CT molecular complexity index is 881. The highest BCUT2D eigenvalue weighted by molar-refractivity contribution is 7.13. The zero-order valence-electron chi connectivity index (χ0n) is 15.5. The fourth-order valence-corrected chi connectivity index (χ4v) is 6.89. The van der Waals surface area contributed by atoms with Crippen molar-refractivity contribution in [3.05, 3.63) is 40.9 Å². The third-order valence-electron chi connectivity index (χ3n) is 6.69. The van der Waals surface area contributed by atoms with Crippen LogP contribution in [0, 0.1) is 17.8 Å². The molecular weight excluding hydrogens is 356 g/mol. The molecule has 4 fully saturated rings. The molecule has 4 aliphatic carbocycles. The van der Waals surface area contributed by atoms with E-state index in [1.54, 1.807) is 6.92 Å². The van der Waals surface area contributed by atoms with Crippen molar-refractivity contribution in [2.75, 3.05) is 0 Å². The molecule has 4 bridgehead atoms. The molecule has 140 valence electrons. The number of thiazole rings is 1. The number of aromatic nitrogens is 1. The molecule has 4 nitrogen and oxygen atoms in total. The number of carbonyl (C=O) groups is 2. The minimum atomic E-state index is -0.0558. The van der Waals surface area contributed by atoms with Gasteiger partial charge in [-0.3, -0.25) is 9.59 Å². The number of Topliss-reactive ketones (excluding diaryl/α,β-unsaturated/α-hetero) is 1. The van der Waals surface area contributed by atoms with Crippen LogP contribution in [-0.2, 0) is 0 Å². The second kappa shape index (κ2) is 6.26. The first-order valence-corrected chi connectivity index (χ1v) is 10.8. The smallest absolute Gasteiger partial charge is 0.271 e. The Morgan fingerprint density at radius 2 is 1.70 bits per heavy atom. The van der Waals surface area contributed by atoms with Crippen LogP contribution in [-0.4, -0.2) is 22.2 Å². The predicted molar refractivity (Wildman–Crippen MR) is 106 cm³/mol. The van der Waals surface area contributed by atoms with Crippen molar-refractivity contribution in [2.24, 2.45) is 17.8 Å². The Morgan fingerprint density at radius 1 is 1.07 bits per heavy atom. The number of hydrogen-bond acceptors (Lipinski definition) is 4. The number of carbonyl (C=O) groups excluding carboxylic acids is 2. The van der Waals surface area contributed by atoms with Crippen molar-refractivity contribution in [3.63, 3.8) is 0 Å². The molecule has 0 aliphatic heterocycles. The van der Waals surface area contributed by atoms with E-state index in [0.29, 0.717) is 11.3 Å². The number of nitrogens with zero attached hydrogens (tertiary/aromatic N) is 1. The zero-order chi connectivity index (χ0) is 18.6. The third-order valence-corrected chi connectivity index (χ3v) is 7.57. The summed E-state index contributed by atoms with van der Waals surface area (Å²) in [6.07, 6.45) is 7.48. The highest BCUT2D eigenvalue weighted by atomic mass is 32.1. The number of rotatable bonds is 4. The number of amides is 1. The van der Waals surface area contributed by atoms with Crippen LogP contribution in [0.25, 0.3) is 10.6 Å². The van der Waals surface area contributed by atoms with E-state index in [4.69, 9.17) is 0 Å². The maximum absolute atomic E-state index is 13.0. The molecule has 0 unspecified atom stereocenters. The maximum atomic E-state index is 13.0. The van der Waals surface area contributed by atoms with E-state index in [9.17, 15) is 9.59 Å². The fourth-order valence-electron chi connectivity index (χ4n) is 6.05. The Hall–Kier alpha value is -2.01. The first kappa shape index (κ1) is 17.1. The summed E-state index contributed by atoms with van der Waals surface area (Å²) in [7, 11) is 0. The summed E-state index contributed by atoms with van der Waals surface area (Å²) < 4.78 is 0. The van der Waals surface area contributed by atoms with Crippen LogP contribution in [0.15, 0.2) is 29.6 Å². The van der Waals surface area contributed by atoms with Gasteiger partial charge in [0.1, 0.15) is 10.7 Å². The molecule has 5 heteroatoms. The Morgan fingerprint density at radius 3 is 2.33 bits per heavy atom. The maximum Gasteiger partial charge on any atom is 0.271 e. The Kier molecular flexibility index (Phi) is 3.97. The molecule has 0 radical (unpaired) electrons. The van der Waals surface area contributed by atoms with E-state index >= 15 is 0 Å². The van der Waals surface area contributed by atoms with Crippen LogP contribution in [0.3, 0.4) is 0 Å². The van der Waals surface area contributed by atoms with Gasteiger partial charge in [-0.1, -0.05) is 24.3 Å². The van der Waals surface area contributed by atoms with Gasteiger partial charge in [-0.25, -0.2) is 4.98 Å². The van der Waals surface area contributed by atoms with Gasteiger partial charge >= 0.3 is 0 Å². The SMILES string of the molecule is CC(=O)c1ccccc1-c1nc(C(=O)NC23CC4CC(CC(C4)C2)C3)cs1. The summed E-state index contributed by atoms with van der Waals surface area (Å²) in [5, 5.41) is 5.94. The van der Waals surface area contributed by atoms with Crippen molar-refractivity contribution in [1.29, 1.82) is 0 Å². The molecule has 4 saturated carbocycles. The molecule has 1 N–H and O–H groups in total. The number of ketones is 1. The monoisotopic (exact) mass is 380 g/mol. The Labute approximate surface area is 163 Å². The molecule has 0 atom stereocenters. The van der Waals surface area contributed by atoms with Gasteiger partial charge < -0.3 is 5.32 Å². The van der Waals surface area contributed by atoms with Gasteiger partial charge in [0.15, 0.2) is 5.78 Å². The van der Waals surface area contributed by atoms with Gasteiger partial charge in [-0.05, 0) is 63.2 Å². The van der Waals surface area contributed by atoms with Gasteiger partial charge in [-0.2, -0.15) is 0 Å². The van der Waals surface area contributed by atoms with E-state index in [-0.39, 0.29) is 17.2 Å². The molecule has 1 amide bonds. The third kappa shape index (κ3) is 3.02. The van der Waals surface area contributed by atoms with E-state index in [0.717, 1.165) is 47.6 Å². The highest BCUT2D eigenvalue weighted by Crippen LogP contribution is 2.55. The zero-order valence-corrected chi connectivity index (χ0v) is 16.3. The highest BCUT2D eigenvalue weighted by Gasteiger charge is 2.51. The van der Waals surface area contributed by atoms with Crippen LogP contribution in [0.1, 0.15) is 66.3 Å². The normalized spacial score (nSPS) is 31.1. The molecule has 6 rings (SSSR count). The van der Waals surface area contributed by atoms with Crippen molar-refractivity contribution in [2.45, 2.75) is 51.0 Å². The van der Waals surface area contributed by atoms with Gasteiger partial charge in [0.05, 0.1) is 0 Å². The first-order chi connectivity index (χ1) is 13.0. The summed E-state index contributed by atoms with van der Waals surface area (Å²) in [5.41, 5.74) is 1.93. The van der Waals surface area contributed by atoms with Gasteiger partial charge in [0.25, 0.3) is 5.91 Å². The standard InChI is InChI=1S/C22H24N2O2S/c1-13(25)17-4-2-3-5-18(17)21-23-19(12-27-21)20(26)24-22-9-14-6-15(10-22)8-16(7-14)11-22/h2-5,12,14-16H,6-11H2,1H3,(H,24,26). The van der Waals surface area contributed by atoms with Crippen LogP contribution in [0.5, 0.6) is 0 Å². The summed E-state index contributed by atoms with van der Waals surface area (Å²) in [6, 6.07) is 7.47. The molecule has 0 spiro atoms. The van der Waals surface area contributed by atoms with Crippen molar-refractivity contribution in [1.82, 2.24) is 10.3 Å². The molecule has 1 aromatic heterocycles. The quantitative estimate of drug-likeness (QED) is 0.782. The second-order valence-electron chi connectivity index (χ2n) is 8.79. The van der Waals surface area contributed by atoms with Crippen LogP contribution < -0.4 is 5.32 Å². The van der Waals surface area contributed by atoms with E-state index in [1.165, 1.54) is 30.6 Å². The van der Waals surface area contributed by atoms with Crippen molar-refractivity contribution >= 4 is 23.0 Å². The molecule has 4 aliphatic rings. The molecular formula is C22H24N2O2S. The molecule has 27 heavy (non-hydrogen) atoms. The summed E-state index contributed by atoms with van der Waals surface area (Å²) in [5.74, 6) is 2.35. The molecule has 1 heterocycles. The lowest BCUT2D eigenvalue weighted by molar-refractivity contribution is -0.0167. The van der Waals surface area contributed by atoms with Crippen LogP contribution in [0.2, 0.25) is 0 Å². The van der Waals surface area contributed by atoms with E-state index < -0.39 is 0 Å². The molecule has 1 aromatic carbocycles. The Balaban J connectivity index is 1.38. The predicted octanol–water partition coefficient (Wildman–Crippen LogP) is 4.71. The van der Waals surface area contributed by atoms with Crippen molar-refractivity contribution < 1.29 is 9.59 Å². The first-order valence-electron chi connectivity index (χ1n) is 9.90.